The molecule has 1 aliphatic rings. The fourth-order valence-corrected chi connectivity index (χ4v) is 3.15. The summed E-state index contributed by atoms with van der Waals surface area (Å²) >= 11 is 5.90. The topological polar surface area (TPSA) is 66.6 Å². The SMILES string of the molecule is NC(=O)[C@@H](c1ccc(Cl)cc1)[C@@H]1CCCN1CCCO. The Balaban J connectivity index is 2.19. The summed E-state index contributed by atoms with van der Waals surface area (Å²) in [6.45, 7) is 1.94. The van der Waals surface area contributed by atoms with Crippen molar-refractivity contribution >= 4 is 17.5 Å². The molecule has 0 radical (unpaired) electrons. The minimum atomic E-state index is -0.312. The van der Waals surface area contributed by atoms with E-state index in [2.05, 4.69) is 4.90 Å². The van der Waals surface area contributed by atoms with Crippen molar-refractivity contribution in [1.29, 1.82) is 0 Å². The Kier molecular flexibility index (Phi) is 5.40. The van der Waals surface area contributed by atoms with Gasteiger partial charge < -0.3 is 10.8 Å². The van der Waals surface area contributed by atoms with Crippen molar-refractivity contribution in [2.45, 2.75) is 31.2 Å². The molecule has 0 spiro atoms. The first-order chi connectivity index (χ1) is 9.63. The first-order valence-corrected chi connectivity index (χ1v) is 7.41. The lowest BCUT2D eigenvalue weighted by Crippen LogP contribution is -2.41. The summed E-state index contributed by atoms with van der Waals surface area (Å²) in [6.07, 6.45) is 2.75. The van der Waals surface area contributed by atoms with Crippen LogP contribution in [0.3, 0.4) is 0 Å². The van der Waals surface area contributed by atoms with Crippen LogP contribution >= 0.6 is 11.6 Å². The highest BCUT2D eigenvalue weighted by atomic mass is 35.5. The van der Waals surface area contributed by atoms with Gasteiger partial charge in [0.25, 0.3) is 0 Å². The second-order valence-corrected chi connectivity index (χ2v) is 5.69. The van der Waals surface area contributed by atoms with Crippen LogP contribution in [0.4, 0.5) is 0 Å². The zero-order chi connectivity index (χ0) is 14.5. The molecule has 4 nitrogen and oxygen atoms in total. The fourth-order valence-electron chi connectivity index (χ4n) is 3.03. The van der Waals surface area contributed by atoms with Gasteiger partial charge in [-0.3, -0.25) is 9.69 Å². The molecule has 1 fully saturated rings. The number of aliphatic hydroxyl groups is 1. The number of primary amides is 1. The maximum Gasteiger partial charge on any atom is 0.226 e. The quantitative estimate of drug-likeness (QED) is 0.840. The highest BCUT2D eigenvalue weighted by molar-refractivity contribution is 6.30. The Morgan fingerprint density at radius 1 is 1.45 bits per heavy atom. The zero-order valence-corrected chi connectivity index (χ0v) is 12.2. The molecule has 2 atom stereocenters. The summed E-state index contributed by atoms with van der Waals surface area (Å²) < 4.78 is 0. The number of nitrogens with two attached hydrogens (primary N) is 1. The molecule has 1 aromatic carbocycles. The number of rotatable bonds is 6. The van der Waals surface area contributed by atoms with Crippen molar-refractivity contribution < 1.29 is 9.90 Å². The first kappa shape index (κ1) is 15.3. The van der Waals surface area contributed by atoms with Crippen LogP contribution in [0.25, 0.3) is 0 Å². The van der Waals surface area contributed by atoms with Crippen LogP contribution in [-0.4, -0.2) is 41.7 Å². The molecule has 1 saturated heterocycles. The molecule has 1 aromatic rings. The predicted octanol–water partition coefficient (Wildman–Crippen LogP) is 1.76. The number of benzene rings is 1. The Morgan fingerprint density at radius 3 is 2.75 bits per heavy atom. The van der Waals surface area contributed by atoms with Gasteiger partial charge in [-0.05, 0) is 43.5 Å². The summed E-state index contributed by atoms with van der Waals surface area (Å²) in [5, 5.41) is 9.63. The molecule has 20 heavy (non-hydrogen) atoms. The number of aliphatic hydroxyl groups excluding tert-OH is 1. The zero-order valence-electron chi connectivity index (χ0n) is 11.5. The normalized spacial score (nSPS) is 21.0. The average molecular weight is 297 g/mol. The number of carbonyl (C=O) groups is 1. The Bertz CT molecular complexity index is 450. The fraction of sp³-hybridized carbons (Fsp3) is 0.533. The molecule has 5 heteroatoms. The van der Waals surface area contributed by atoms with E-state index in [1.165, 1.54) is 0 Å². The van der Waals surface area contributed by atoms with Gasteiger partial charge in [0.1, 0.15) is 0 Å². The number of amides is 1. The van der Waals surface area contributed by atoms with Gasteiger partial charge in [0.15, 0.2) is 0 Å². The smallest absolute Gasteiger partial charge is 0.226 e. The number of halogens is 1. The van der Waals surface area contributed by atoms with Gasteiger partial charge in [-0.25, -0.2) is 0 Å². The summed E-state index contributed by atoms with van der Waals surface area (Å²) in [6, 6.07) is 7.46. The van der Waals surface area contributed by atoms with Crippen LogP contribution in [0.1, 0.15) is 30.7 Å². The van der Waals surface area contributed by atoms with E-state index in [-0.39, 0.29) is 24.5 Å². The highest BCUT2D eigenvalue weighted by Gasteiger charge is 2.35. The van der Waals surface area contributed by atoms with Crippen molar-refractivity contribution in [3.05, 3.63) is 34.9 Å². The molecule has 0 unspecified atom stereocenters. The van der Waals surface area contributed by atoms with Gasteiger partial charge in [-0.2, -0.15) is 0 Å². The highest BCUT2D eigenvalue weighted by Crippen LogP contribution is 2.31. The van der Waals surface area contributed by atoms with E-state index in [1.54, 1.807) is 12.1 Å². The molecule has 1 aliphatic heterocycles. The van der Waals surface area contributed by atoms with E-state index >= 15 is 0 Å². The van der Waals surface area contributed by atoms with Gasteiger partial charge in [-0.15, -0.1) is 0 Å². The van der Waals surface area contributed by atoms with E-state index in [0.29, 0.717) is 5.02 Å². The second-order valence-electron chi connectivity index (χ2n) is 5.25. The van der Waals surface area contributed by atoms with Crippen LogP contribution in [0.15, 0.2) is 24.3 Å². The lowest BCUT2D eigenvalue weighted by Gasteiger charge is -2.30. The van der Waals surface area contributed by atoms with Gasteiger partial charge in [0, 0.05) is 24.2 Å². The van der Waals surface area contributed by atoms with E-state index in [0.717, 1.165) is 37.9 Å². The number of nitrogens with zero attached hydrogens (tertiary/aromatic N) is 1. The minimum Gasteiger partial charge on any atom is -0.396 e. The van der Waals surface area contributed by atoms with Crippen LogP contribution in [0.2, 0.25) is 5.02 Å². The lowest BCUT2D eigenvalue weighted by molar-refractivity contribution is -0.120. The third-order valence-corrected chi connectivity index (χ3v) is 4.19. The van der Waals surface area contributed by atoms with Gasteiger partial charge in [-0.1, -0.05) is 23.7 Å². The van der Waals surface area contributed by atoms with Gasteiger partial charge in [0.05, 0.1) is 5.92 Å². The molecule has 1 amide bonds. The Morgan fingerprint density at radius 2 is 2.15 bits per heavy atom. The standard InChI is InChI=1S/C15H21ClN2O2/c16-12-6-4-11(5-7-12)14(15(17)20)13-3-1-8-18(13)9-2-10-19/h4-7,13-14,19H,1-3,8-10H2,(H2,17,20)/t13-,14-/m0/s1. The van der Waals surface area contributed by atoms with Gasteiger partial charge >= 0.3 is 0 Å². The van der Waals surface area contributed by atoms with Gasteiger partial charge in [0.2, 0.25) is 5.91 Å². The average Bonchev–Trinajstić information content (AvgIpc) is 2.86. The van der Waals surface area contributed by atoms with E-state index in [1.807, 2.05) is 12.1 Å². The summed E-state index contributed by atoms with van der Waals surface area (Å²) in [4.78, 5) is 14.2. The molecule has 110 valence electrons. The monoisotopic (exact) mass is 296 g/mol. The molecule has 0 bridgehead atoms. The minimum absolute atomic E-state index is 0.125. The Hall–Kier alpha value is -1.10. The van der Waals surface area contributed by atoms with Crippen molar-refractivity contribution in [3.8, 4) is 0 Å². The Labute approximate surface area is 124 Å². The van der Waals surface area contributed by atoms with Crippen LogP contribution in [-0.2, 0) is 4.79 Å². The maximum absolute atomic E-state index is 11.9. The molecular weight excluding hydrogens is 276 g/mol. The number of hydrogen-bond acceptors (Lipinski definition) is 3. The largest absolute Gasteiger partial charge is 0.396 e. The second kappa shape index (κ2) is 7.07. The van der Waals surface area contributed by atoms with Crippen molar-refractivity contribution in [2.75, 3.05) is 19.7 Å². The van der Waals surface area contributed by atoms with Crippen LogP contribution in [0.5, 0.6) is 0 Å². The summed E-state index contributed by atoms with van der Waals surface area (Å²) in [7, 11) is 0. The molecule has 0 aromatic heterocycles. The summed E-state index contributed by atoms with van der Waals surface area (Å²) in [5.41, 5.74) is 6.55. The number of carbonyl (C=O) groups excluding carboxylic acids is 1. The van der Waals surface area contributed by atoms with Crippen molar-refractivity contribution in [1.82, 2.24) is 4.90 Å². The predicted molar refractivity (Wildman–Crippen MR) is 79.7 cm³/mol. The van der Waals surface area contributed by atoms with Crippen LogP contribution in [0, 0.1) is 0 Å². The number of likely N-dealkylation sites (tertiary alicyclic amines) is 1. The van der Waals surface area contributed by atoms with Crippen molar-refractivity contribution in [3.63, 3.8) is 0 Å². The number of hydrogen-bond donors (Lipinski definition) is 2. The van der Waals surface area contributed by atoms with Crippen LogP contribution < -0.4 is 5.73 Å². The molecule has 0 saturated carbocycles. The molecule has 3 N–H and O–H groups in total. The summed E-state index contributed by atoms with van der Waals surface area (Å²) in [5.74, 6) is -0.610. The molecule has 0 aliphatic carbocycles. The van der Waals surface area contributed by atoms with E-state index in [9.17, 15) is 4.79 Å². The molecule has 1 heterocycles. The third kappa shape index (κ3) is 3.51. The molecule has 2 rings (SSSR count). The third-order valence-electron chi connectivity index (χ3n) is 3.94. The first-order valence-electron chi connectivity index (χ1n) is 7.03. The van der Waals surface area contributed by atoms with E-state index in [4.69, 9.17) is 22.4 Å². The molecular formula is C15H21ClN2O2. The maximum atomic E-state index is 11.9. The van der Waals surface area contributed by atoms with E-state index < -0.39 is 0 Å². The lowest BCUT2D eigenvalue weighted by atomic mass is 9.89. The van der Waals surface area contributed by atoms with Crippen molar-refractivity contribution in [2.24, 2.45) is 5.73 Å².